The van der Waals surface area contributed by atoms with E-state index in [0.717, 1.165) is 5.92 Å². The summed E-state index contributed by atoms with van der Waals surface area (Å²) in [6, 6.07) is 0.547. The summed E-state index contributed by atoms with van der Waals surface area (Å²) in [4.78, 5) is 0. The third-order valence-corrected chi connectivity index (χ3v) is 5.00. The van der Waals surface area contributed by atoms with Crippen molar-refractivity contribution >= 4 is 12.4 Å². The lowest BCUT2D eigenvalue weighted by molar-refractivity contribution is 0.121. The Hall–Kier alpha value is 0.210. The largest absolute Gasteiger partial charge is 0.271 e. The number of hydrazine groups is 1. The Morgan fingerprint density at radius 1 is 1.31 bits per heavy atom. The van der Waals surface area contributed by atoms with Crippen molar-refractivity contribution in [2.75, 3.05) is 0 Å². The third-order valence-electron chi connectivity index (χ3n) is 5.00. The molecule has 0 aromatic heterocycles. The van der Waals surface area contributed by atoms with Crippen LogP contribution in [-0.4, -0.2) is 6.04 Å². The van der Waals surface area contributed by atoms with Crippen molar-refractivity contribution in [1.82, 2.24) is 5.43 Å². The van der Waals surface area contributed by atoms with Gasteiger partial charge >= 0.3 is 0 Å². The molecule has 2 saturated carbocycles. The van der Waals surface area contributed by atoms with Crippen LogP contribution in [0.5, 0.6) is 0 Å². The molecule has 78 valence electrons. The monoisotopic (exact) mass is 204 g/mol. The quantitative estimate of drug-likeness (QED) is 0.507. The van der Waals surface area contributed by atoms with Crippen LogP contribution in [0.25, 0.3) is 0 Å². The van der Waals surface area contributed by atoms with E-state index in [2.05, 4.69) is 26.2 Å². The Balaban J connectivity index is 0.000000845. The van der Waals surface area contributed by atoms with E-state index >= 15 is 0 Å². The fourth-order valence-electron chi connectivity index (χ4n) is 3.46. The molecule has 0 heterocycles. The Morgan fingerprint density at radius 3 is 2.15 bits per heavy atom. The van der Waals surface area contributed by atoms with E-state index in [9.17, 15) is 0 Å². The highest BCUT2D eigenvalue weighted by molar-refractivity contribution is 5.85. The van der Waals surface area contributed by atoms with E-state index in [4.69, 9.17) is 5.84 Å². The second kappa shape index (κ2) is 3.11. The molecule has 13 heavy (non-hydrogen) atoms. The van der Waals surface area contributed by atoms with Crippen LogP contribution in [0.1, 0.15) is 40.0 Å². The van der Waals surface area contributed by atoms with Gasteiger partial charge in [-0.15, -0.1) is 12.4 Å². The summed E-state index contributed by atoms with van der Waals surface area (Å²) in [5.74, 6) is 6.47. The third kappa shape index (κ3) is 1.15. The minimum absolute atomic E-state index is 0. The molecule has 3 atom stereocenters. The van der Waals surface area contributed by atoms with Crippen molar-refractivity contribution in [3.05, 3.63) is 0 Å². The summed E-state index contributed by atoms with van der Waals surface area (Å²) in [5, 5.41) is 0. The number of nitrogens with two attached hydrogens (primary N) is 1. The maximum absolute atomic E-state index is 5.58. The van der Waals surface area contributed by atoms with E-state index in [-0.39, 0.29) is 12.4 Å². The van der Waals surface area contributed by atoms with Crippen molar-refractivity contribution in [3.8, 4) is 0 Å². The zero-order chi connectivity index (χ0) is 8.98. The molecule has 2 rings (SSSR count). The summed E-state index contributed by atoms with van der Waals surface area (Å²) >= 11 is 0. The van der Waals surface area contributed by atoms with Gasteiger partial charge in [0.2, 0.25) is 0 Å². The Labute approximate surface area is 87.0 Å². The van der Waals surface area contributed by atoms with E-state index in [1.54, 1.807) is 0 Å². The summed E-state index contributed by atoms with van der Waals surface area (Å²) < 4.78 is 0. The van der Waals surface area contributed by atoms with E-state index in [0.29, 0.717) is 16.9 Å². The molecule has 3 N–H and O–H groups in total. The van der Waals surface area contributed by atoms with Gasteiger partial charge in [0.15, 0.2) is 0 Å². The van der Waals surface area contributed by atoms with Gasteiger partial charge in [-0.05, 0) is 36.0 Å². The van der Waals surface area contributed by atoms with Gasteiger partial charge in [0.1, 0.15) is 0 Å². The summed E-state index contributed by atoms with van der Waals surface area (Å²) in [5.41, 5.74) is 3.92. The predicted molar refractivity (Wildman–Crippen MR) is 57.6 cm³/mol. The van der Waals surface area contributed by atoms with Gasteiger partial charge < -0.3 is 0 Å². The molecule has 2 nitrogen and oxygen atoms in total. The first-order valence-electron chi connectivity index (χ1n) is 4.98. The summed E-state index contributed by atoms with van der Waals surface area (Å²) in [6.45, 7) is 7.20. The number of halogens is 1. The smallest absolute Gasteiger partial charge is 0.0272 e. The minimum atomic E-state index is 0. The van der Waals surface area contributed by atoms with Crippen molar-refractivity contribution in [2.24, 2.45) is 22.6 Å². The number of hydrogen-bond acceptors (Lipinski definition) is 2. The SMILES string of the molecule is CC1(C)[C@@H]2CC[C@@]1(C)[C@@H](NN)C2.Cl. The predicted octanol–water partition coefficient (Wildman–Crippen LogP) is 2.09. The van der Waals surface area contributed by atoms with Gasteiger partial charge in [-0.25, -0.2) is 0 Å². The first-order chi connectivity index (χ1) is 5.52. The maximum atomic E-state index is 5.58. The minimum Gasteiger partial charge on any atom is -0.271 e. The normalized spacial score (nSPS) is 46.2. The van der Waals surface area contributed by atoms with E-state index < -0.39 is 0 Å². The van der Waals surface area contributed by atoms with E-state index in [1.165, 1.54) is 19.3 Å². The van der Waals surface area contributed by atoms with Crippen LogP contribution in [0.4, 0.5) is 0 Å². The molecule has 2 aliphatic rings. The van der Waals surface area contributed by atoms with Gasteiger partial charge in [0, 0.05) is 6.04 Å². The second-order valence-electron chi connectivity index (χ2n) is 5.33. The zero-order valence-corrected chi connectivity index (χ0v) is 9.58. The van der Waals surface area contributed by atoms with Gasteiger partial charge in [-0.2, -0.15) is 0 Å². The fraction of sp³-hybridized carbons (Fsp3) is 1.00. The molecule has 0 saturated heterocycles. The molecule has 0 unspecified atom stereocenters. The van der Waals surface area contributed by atoms with Crippen LogP contribution >= 0.6 is 12.4 Å². The summed E-state index contributed by atoms with van der Waals surface area (Å²) in [6.07, 6.45) is 4.03. The lowest BCUT2D eigenvalue weighted by Crippen LogP contribution is -2.47. The Kier molecular flexibility index (Phi) is 2.70. The zero-order valence-electron chi connectivity index (χ0n) is 8.76. The van der Waals surface area contributed by atoms with Gasteiger partial charge in [0.25, 0.3) is 0 Å². The molecule has 0 amide bonds. The molecule has 2 aliphatic carbocycles. The average Bonchev–Trinajstić information content (AvgIpc) is 2.34. The number of hydrogen-bond donors (Lipinski definition) is 2. The first-order valence-corrected chi connectivity index (χ1v) is 4.98. The molecule has 0 aromatic carbocycles. The van der Waals surface area contributed by atoms with Crippen LogP contribution < -0.4 is 11.3 Å². The fourth-order valence-corrected chi connectivity index (χ4v) is 3.46. The first kappa shape index (κ1) is 11.3. The van der Waals surface area contributed by atoms with Crippen molar-refractivity contribution in [3.63, 3.8) is 0 Å². The van der Waals surface area contributed by atoms with Gasteiger partial charge in [0.05, 0.1) is 0 Å². The molecule has 0 radical (unpaired) electrons. The van der Waals surface area contributed by atoms with E-state index in [1.807, 2.05) is 0 Å². The number of rotatable bonds is 1. The second-order valence-corrected chi connectivity index (χ2v) is 5.33. The lowest BCUT2D eigenvalue weighted by Gasteiger charge is -2.38. The van der Waals surface area contributed by atoms with Crippen molar-refractivity contribution in [1.29, 1.82) is 0 Å². The van der Waals surface area contributed by atoms with Crippen LogP contribution in [0.2, 0.25) is 0 Å². The molecule has 2 bridgehead atoms. The van der Waals surface area contributed by atoms with Gasteiger partial charge in [-0.3, -0.25) is 11.3 Å². The molecular formula is C10H21ClN2. The lowest BCUT2D eigenvalue weighted by atomic mass is 9.69. The molecule has 0 spiro atoms. The van der Waals surface area contributed by atoms with Crippen LogP contribution in [0.15, 0.2) is 0 Å². The van der Waals surface area contributed by atoms with Crippen molar-refractivity contribution < 1.29 is 0 Å². The van der Waals surface area contributed by atoms with Gasteiger partial charge in [-0.1, -0.05) is 20.8 Å². The van der Waals surface area contributed by atoms with Crippen molar-refractivity contribution in [2.45, 2.75) is 46.1 Å². The Morgan fingerprint density at radius 2 is 1.92 bits per heavy atom. The highest BCUT2D eigenvalue weighted by Crippen LogP contribution is 2.65. The molecule has 0 aromatic rings. The highest BCUT2D eigenvalue weighted by atomic mass is 35.5. The molecule has 0 aliphatic heterocycles. The highest BCUT2D eigenvalue weighted by Gasteiger charge is 2.60. The van der Waals surface area contributed by atoms with Crippen LogP contribution in [-0.2, 0) is 0 Å². The molecule has 2 fully saturated rings. The number of nitrogens with one attached hydrogen (secondary N) is 1. The number of fused-ring (bicyclic) bond motifs is 2. The molecular weight excluding hydrogens is 184 g/mol. The summed E-state index contributed by atoms with van der Waals surface area (Å²) in [7, 11) is 0. The maximum Gasteiger partial charge on any atom is 0.0272 e. The van der Waals surface area contributed by atoms with Crippen LogP contribution in [0, 0.1) is 16.7 Å². The van der Waals surface area contributed by atoms with Crippen LogP contribution in [0.3, 0.4) is 0 Å². The average molecular weight is 205 g/mol. The standard InChI is InChI=1S/C10H20N2.ClH/c1-9(2)7-4-5-10(9,3)8(6-7)12-11;/h7-8,12H,4-6,11H2,1-3H3;1H/t7-,8+,10+;/m1./s1. The molecule has 3 heteroatoms. The Bertz CT molecular complexity index is 205. The topological polar surface area (TPSA) is 38.0 Å².